The van der Waals surface area contributed by atoms with Crippen molar-refractivity contribution in [2.75, 3.05) is 0 Å². The van der Waals surface area contributed by atoms with Crippen LogP contribution in [0.3, 0.4) is 0 Å². The minimum Gasteiger partial charge on any atom is -0.508 e. The van der Waals surface area contributed by atoms with Gasteiger partial charge in [-0.2, -0.15) is 0 Å². The van der Waals surface area contributed by atoms with Crippen LogP contribution in [0, 0.1) is 0 Å². The lowest BCUT2D eigenvalue weighted by Gasteiger charge is -2.19. The predicted molar refractivity (Wildman–Crippen MR) is 125 cm³/mol. The molecule has 4 nitrogen and oxygen atoms in total. The van der Waals surface area contributed by atoms with Crippen molar-refractivity contribution in [1.82, 2.24) is 0 Å². The summed E-state index contributed by atoms with van der Waals surface area (Å²) in [5, 5.41) is 40.8. The van der Waals surface area contributed by atoms with Crippen LogP contribution in [0.15, 0.2) is 84.9 Å². The third-order valence-electron chi connectivity index (χ3n) is 5.76. The van der Waals surface area contributed by atoms with Crippen LogP contribution in [0.25, 0.3) is 0 Å². The summed E-state index contributed by atoms with van der Waals surface area (Å²) >= 11 is 0. The molecule has 4 aromatic carbocycles. The summed E-state index contributed by atoms with van der Waals surface area (Å²) in [7, 11) is 0. The van der Waals surface area contributed by atoms with Crippen molar-refractivity contribution >= 4 is 0 Å². The molecule has 0 aliphatic rings. The fourth-order valence-electron chi connectivity index (χ4n) is 4.04. The van der Waals surface area contributed by atoms with Gasteiger partial charge in [-0.05, 0) is 59.4 Å². The molecule has 0 spiro atoms. The van der Waals surface area contributed by atoms with Crippen LogP contribution in [0.1, 0.15) is 33.4 Å². The molecule has 0 aliphatic carbocycles. The smallest absolute Gasteiger partial charge is 0.123 e. The molecular formula is C28H26O4. The summed E-state index contributed by atoms with van der Waals surface area (Å²) in [4.78, 5) is 0. The van der Waals surface area contributed by atoms with E-state index in [1.807, 2.05) is 42.5 Å². The van der Waals surface area contributed by atoms with Gasteiger partial charge in [-0.15, -0.1) is 0 Å². The van der Waals surface area contributed by atoms with E-state index in [9.17, 15) is 20.4 Å². The average molecular weight is 427 g/mol. The Hall–Kier alpha value is -3.92. The Bertz CT molecular complexity index is 1110. The highest BCUT2D eigenvalue weighted by atomic mass is 16.3. The molecule has 0 unspecified atom stereocenters. The summed E-state index contributed by atoms with van der Waals surface area (Å²) in [6.45, 7) is 0. The Kier molecular flexibility index (Phi) is 6.31. The number of phenolic OH excluding ortho intramolecular Hbond substituents is 4. The normalized spacial score (nSPS) is 10.9. The van der Waals surface area contributed by atoms with Crippen LogP contribution in [0.2, 0.25) is 0 Å². The van der Waals surface area contributed by atoms with E-state index in [0.29, 0.717) is 19.3 Å². The number of benzene rings is 4. The maximum Gasteiger partial charge on any atom is 0.123 e. The second-order valence-corrected chi connectivity index (χ2v) is 8.02. The molecule has 4 heteroatoms. The number of phenols is 4. The van der Waals surface area contributed by atoms with Gasteiger partial charge in [-0.3, -0.25) is 0 Å². The molecule has 0 radical (unpaired) electrons. The van der Waals surface area contributed by atoms with Gasteiger partial charge in [0.1, 0.15) is 23.0 Å². The largest absolute Gasteiger partial charge is 0.508 e. The Balaban J connectivity index is 1.75. The fourth-order valence-corrected chi connectivity index (χ4v) is 4.04. The molecule has 0 heterocycles. The highest BCUT2D eigenvalue weighted by Crippen LogP contribution is 2.36. The predicted octanol–water partition coefficient (Wildman–Crippen LogP) is 5.48. The van der Waals surface area contributed by atoms with Gasteiger partial charge in [0.15, 0.2) is 0 Å². The van der Waals surface area contributed by atoms with Gasteiger partial charge in [0.05, 0.1) is 0 Å². The van der Waals surface area contributed by atoms with E-state index in [4.69, 9.17) is 0 Å². The molecule has 162 valence electrons. The van der Waals surface area contributed by atoms with Gasteiger partial charge in [0.2, 0.25) is 0 Å². The highest BCUT2D eigenvalue weighted by molar-refractivity contribution is 5.55. The fraction of sp³-hybridized carbons (Fsp3) is 0.143. The zero-order valence-electron chi connectivity index (χ0n) is 17.7. The molecule has 32 heavy (non-hydrogen) atoms. The zero-order chi connectivity index (χ0) is 22.5. The zero-order valence-corrected chi connectivity index (χ0v) is 17.7. The molecule has 0 amide bonds. The maximum atomic E-state index is 10.8. The first-order valence-corrected chi connectivity index (χ1v) is 10.6. The third kappa shape index (κ3) is 5.03. The topological polar surface area (TPSA) is 80.9 Å². The highest BCUT2D eigenvalue weighted by Gasteiger charge is 2.19. The van der Waals surface area contributed by atoms with Gasteiger partial charge >= 0.3 is 0 Å². The standard InChI is InChI=1S/C28H26O4/c29-22-11-6-20(7-12-22)16-25-24(15-10-19-4-2-1-3-5-19)26(28(32)18-27(25)31)17-21-8-13-23(30)14-9-21/h1-9,11-14,18,29-32H,10,15-17H2. The SMILES string of the molecule is Oc1ccc(Cc2c(O)cc(O)c(Cc3ccc(O)cc3)c2CCc2ccccc2)cc1. The molecule has 4 rings (SSSR count). The summed E-state index contributed by atoms with van der Waals surface area (Å²) < 4.78 is 0. The number of rotatable bonds is 7. The van der Waals surface area contributed by atoms with Crippen LogP contribution >= 0.6 is 0 Å². The average Bonchev–Trinajstić information content (AvgIpc) is 2.80. The van der Waals surface area contributed by atoms with E-state index in [2.05, 4.69) is 12.1 Å². The molecule has 0 saturated heterocycles. The van der Waals surface area contributed by atoms with E-state index >= 15 is 0 Å². The number of aryl methyl sites for hydroxylation is 1. The van der Waals surface area contributed by atoms with Crippen molar-refractivity contribution in [3.63, 3.8) is 0 Å². The first-order valence-electron chi connectivity index (χ1n) is 10.6. The summed E-state index contributed by atoms with van der Waals surface area (Å²) in [6, 6.07) is 25.4. The van der Waals surface area contributed by atoms with Gasteiger partial charge in [-0.1, -0.05) is 54.6 Å². The second-order valence-electron chi connectivity index (χ2n) is 8.02. The van der Waals surface area contributed by atoms with Gasteiger partial charge < -0.3 is 20.4 Å². The first-order chi connectivity index (χ1) is 15.5. The Morgan fingerprint density at radius 3 is 1.38 bits per heavy atom. The molecule has 0 atom stereocenters. The Morgan fingerprint density at radius 2 is 0.906 bits per heavy atom. The molecule has 0 aliphatic heterocycles. The minimum atomic E-state index is 0.0630. The first kappa shape index (κ1) is 21.3. The number of hydrogen-bond donors (Lipinski definition) is 4. The molecule has 4 aromatic rings. The van der Waals surface area contributed by atoms with Crippen LogP contribution in [0.5, 0.6) is 23.0 Å². The van der Waals surface area contributed by atoms with E-state index in [0.717, 1.165) is 34.2 Å². The second kappa shape index (κ2) is 9.48. The van der Waals surface area contributed by atoms with E-state index in [1.165, 1.54) is 11.6 Å². The van der Waals surface area contributed by atoms with Crippen LogP contribution in [-0.2, 0) is 25.7 Å². The monoisotopic (exact) mass is 426 g/mol. The molecule has 0 fully saturated rings. The van der Waals surface area contributed by atoms with Crippen molar-refractivity contribution in [2.45, 2.75) is 25.7 Å². The van der Waals surface area contributed by atoms with Gasteiger partial charge in [0, 0.05) is 30.0 Å². The molecular weight excluding hydrogens is 400 g/mol. The van der Waals surface area contributed by atoms with Crippen molar-refractivity contribution in [3.05, 3.63) is 118 Å². The minimum absolute atomic E-state index is 0.0630. The lowest BCUT2D eigenvalue weighted by atomic mass is 9.87. The number of aromatic hydroxyl groups is 4. The van der Waals surface area contributed by atoms with Crippen molar-refractivity contribution in [1.29, 1.82) is 0 Å². The lowest BCUT2D eigenvalue weighted by molar-refractivity contribution is 0.441. The van der Waals surface area contributed by atoms with Crippen molar-refractivity contribution in [3.8, 4) is 23.0 Å². The van der Waals surface area contributed by atoms with E-state index in [1.54, 1.807) is 24.3 Å². The molecule has 4 N–H and O–H groups in total. The third-order valence-corrected chi connectivity index (χ3v) is 5.76. The summed E-state index contributed by atoms with van der Waals surface area (Å²) in [5.74, 6) is 0.517. The quantitative estimate of drug-likeness (QED) is 0.316. The number of hydrogen-bond acceptors (Lipinski definition) is 4. The van der Waals surface area contributed by atoms with E-state index in [-0.39, 0.29) is 23.0 Å². The molecule has 0 aromatic heterocycles. The molecule has 0 bridgehead atoms. The molecule has 0 saturated carbocycles. The van der Waals surface area contributed by atoms with Gasteiger partial charge in [-0.25, -0.2) is 0 Å². The maximum absolute atomic E-state index is 10.8. The van der Waals surface area contributed by atoms with Crippen molar-refractivity contribution in [2.24, 2.45) is 0 Å². The summed E-state index contributed by atoms with van der Waals surface area (Å²) in [6.07, 6.45) is 2.40. The summed E-state index contributed by atoms with van der Waals surface area (Å²) in [5.41, 5.74) is 5.58. The van der Waals surface area contributed by atoms with E-state index < -0.39 is 0 Å². The van der Waals surface area contributed by atoms with Crippen LogP contribution < -0.4 is 0 Å². The van der Waals surface area contributed by atoms with Gasteiger partial charge in [0.25, 0.3) is 0 Å². The lowest BCUT2D eigenvalue weighted by Crippen LogP contribution is -2.05. The Morgan fingerprint density at radius 1 is 0.438 bits per heavy atom. The van der Waals surface area contributed by atoms with Crippen LogP contribution in [-0.4, -0.2) is 20.4 Å². The van der Waals surface area contributed by atoms with Crippen molar-refractivity contribution < 1.29 is 20.4 Å². The van der Waals surface area contributed by atoms with Crippen LogP contribution in [0.4, 0.5) is 0 Å². The Labute approximate surface area is 187 Å².